The van der Waals surface area contributed by atoms with Crippen molar-refractivity contribution in [2.45, 2.75) is 6.18 Å². The third kappa shape index (κ3) is 4.50. The van der Waals surface area contributed by atoms with Gasteiger partial charge in [-0.25, -0.2) is 8.78 Å². The highest BCUT2D eigenvalue weighted by atomic mass is 127. The lowest BCUT2D eigenvalue weighted by molar-refractivity contribution is -0.137. The van der Waals surface area contributed by atoms with Crippen molar-refractivity contribution >= 4 is 72.7 Å². The Morgan fingerprint density at radius 1 is 1.11 bits per heavy atom. The molecule has 0 saturated carbocycles. The first-order valence-corrected chi connectivity index (χ1v) is 12.0. The molecular weight excluding hydrogens is 688 g/mol. The molecule has 0 spiro atoms. The van der Waals surface area contributed by atoms with Crippen LogP contribution in [0.25, 0.3) is 22.0 Å². The minimum absolute atomic E-state index is 0.0357. The van der Waals surface area contributed by atoms with Gasteiger partial charge in [0.2, 0.25) is 5.91 Å². The van der Waals surface area contributed by atoms with Crippen LogP contribution in [0, 0.1) is 15.3 Å². The summed E-state index contributed by atoms with van der Waals surface area (Å²) in [4.78, 5) is 25.9. The first-order chi connectivity index (χ1) is 16.7. The SMILES string of the molecule is Cn1nc2c(Br)c(C(=O)c3cc(F)ccc3Cl)c(-c3c(F)cc(C(F)(F)F)cc3C(N)=O)cc2c1I. The van der Waals surface area contributed by atoms with Crippen molar-refractivity contribution in [3.05, 3.63) is 83.5 Å². The van der Waals surface area contributed by atoms with Crippen LogP contribution in [0.2, 0.25) is 5.02 Å². The maximum atomic E-state index is 15.4. The Kier molecular flexibility index (Phi) is 6.90. The number of aryl methyl sites for hydroxylation is 1. The van der Waals surface area contributed by atoms with E-state index in [9.17, 15) is 27.2 Å². The van der Waals surface area contributed by atoms with Gasteiger partial charge in [-0.15, -0.1) is 0 Å². The smallest absolute Gasteiger partial charge is 0.366 e. The maximum absolute atomic E-state index is 15.4. The summed E-state index contributed by atoms with van der Waals surface area (Å²) in [7, 11) is 1.60. The van der Waals surface area contributed by atoms with E-state index in [0.29, 0.717) is 15.2 Å². The van der Waals surface area contributed by atoms with E-state index < -0.39 is 46.2 Å². The van der Waals surface area contributed by atoms with Gasteiger partial charge >= 0.3 is 6.18 Å². The number of carbonyl (C=O) groups excluding carboxylic acids is 2. The van der Waals surface area contributed by atoms with Crippen molar-refractivity contribution in [3.63, 3.8) is 0 Å². The van der Waals surface area contributed by atoms with E-state index in [-0.39, 0.29) is 37.8 Å². The largest absolute Gasteiger partial charge is 0.416 e. The number of benzene rings is 3. The summed E-state index contributed by atoms with van der Waals surface area (Å²) < 4.78 is 71.4. The third-order valence-corrected chi connectivity index (χ3v) is 7.73. The number of halogens is 8. The highest BCUT2D eigenvalue weighted by Gasteiger charge is 2.35. The number of alkyl halides is 3. The molecule has 1 amide bonds. The van der Waals surface area contributed by atoms with Gasteiger partial charge in [-0.05, 0) is 80.5 Å². The lowest BCUT2D eigenvalue weighted by atomic mass is 9.88. The fourth-order valence-electron chi connectivity index (χ4n) is 3.73. The number of ketones is 1. The van der Waals surface area contributed by atoms with Crippen LogP contribution in [0.1, 0.15) is 31.8 Å². The molecule has 4 rings (SSSR count). The van der Waals surface area contributed by atoms with Crippen molar-refractivity contribution in [3.8, 4) is 11.1 Å². The van der Waals surface area contributed by atoms with Crippen molar-refractivity contribution < 1.29 is 31.5 Å². The van der Waals surface area contributed by atoms with Crippen LogP contribution in [0.3, 0.4) is 0 Å². The Bertz CT molecular complexity index is 1600. The number of fused-ring (bicyclic) bond motifs is 1. The molecule has 5 nitrogen and oxygen atoms in total. The molecule has 0 saturated heterocycles. The Hall–Kier alpha value is -2.58. The van der Waals surface area contributed by atoms with E-state index >= 15 is 4.39 Å². The van der Waals surface area contributed by atoms with Crippen molar-refractivity contribution in [1.82, 2.24) is 9.78 Å². The van der Waals surface area contributed by atoms with E-state index in [1.165, 1.54) is 10.7 Å². The minimum atomic E-state index is -4.97. The predicted molar refractivity (Wildman–Crippen MR) is 135 cm³/mol. The van der Waals surface area contributed by atoms with Crippen molar-refractivity contribution in [2.75, 3.05) is 0 Å². The van der Waals surface area contributed by atoms with Gasteiger partial charge in [0.25, 0.3) is 0 Å². The number of nitrogens with two attached hydrogens (primary N) is 1. The average molecular weight is 699 g/mol. The highest BCUT2D eigenvalue weighted by molar-refractivity contribution is 14.1. The van der Waals surface area contributed by atoms with Crippen LogP contribution in [0.5, 0.6) is 0 Å². The first kappa shape index (κ1) is 26.5. The van der Waals surface area contributed by atoms with Gasteiger partial charge in [0.05, 0.1) is 20.6 Å². The Morgan fingerprint density at radius 3 is 2.39 bits per heavy atom. The monoisotopic (exact) mass is 697 g/mol. The van der Waals surface area contributed by atoms with Gasteiger partial charge in [-0.1, -0.05) is 11.6 Å². The summed E-state index contributed by atoms with van der Waals surface area (Å²) in [5.74, 6) is -4.47. The Morgan fingerprint density at radius 2 is 1.78 bits per heavy atom. The molecule has 0 radical (unpaired) electrons. The molecule has 0 bridgehead atoms. The number of primary amides is 1. The van der Waals surface area contributed by atoms with Crippen LogP contribution in [0.15, 0.2) is 40.9 Å². The molecule has 186 valence electrons. The molecule has 36 heavy (non-hydrogen) atoms. The highest BCUT2D eigenvalue weighted by Crippen LogP contribution is 2.42. The molecule has 4 aromatic rings. The second-order valence-electron chi connectivity index (χ2n) is 7.62. The van der Waals surface area contributed by atoms with Gasteiger partial charge in [-0.2, -0.15) is 18.3 Å². The fourth-order valence-corrected chi connectivity index (χ4v) is 5.14. The van der Waals surface area contributed by atoms with Crippen LogP contribution in [-0.2, 0) is 13.2 Å². The third-order valence-electron chi connectivity index (χ3n) is 5.35. The quantitative estimate of drug-likeness (QED) is 0.143. The summed E-state index contributed by atoms with van der Waals surface area (Å²) in [6.45, 7) is 0. The summed E-state index contributed by atoms with van der Waals surface area (Å²) >= 11 is 11.4. The minimum Gasteiger partial charge on any atom is -0.366 e. The van der Waals surface area contributed by atoms with Crippen LogP contribution in [-0.4, -0.2) is 21.5 Å². The molecule has 2 N–H and O–H groups in total. The van der Waals surface area contributed by atoms with E-state index in [2.05, 4.69) is 21.0 Å². The number of amides is 1. The fraction of sp³-hybridized carbons (Fsp3) is 0.0870. The topological polar surface area (TPSA) is 78.0 Å². The molecule has 0 unspecified atom stereocenters. The van der Waals surface area contributed by atoms with Gasteiger partial charge in [0.1, 0.15) is 20.9 Å². The van der Waals surface area contributed by atoms with Gasteiger partial charge < -0.3 is 5.73 Å². The number of hydrogen-bond acceptors (Lipinski definition) is 3. The number of carbonyl (C=O) groups is 2. The lowest BCUT2D eigenvalue weighted by Gasteiger charge is -2.17. The number of nitrogens with zero attached hydrogens (tertiary/aromatic N) is 2. The molecule has 1 heterocycles. The molecule has 0 aliphatic carbocycles. The molecule has 0 aliphatic rings. The molecule has 13 heteroatoms. The Labute approximate surface area is 226 Å². The molecule has 0 aliphatic heterocycles. The standard InChI is InChI=1S/C23H11BrClF5IN3O2/c1-34-21(31)13-7-11(16-12(22(32)36)4-8(5-15(16)27)23(28,29)30)17(18(24)19(13)33-34)20(35)10-6-9(26)2-3-14(10)25/h2-7H,1H3,(H2,32,36). The second kappa shape index (κ2) is 9.38. The number of hydrogen-bond donors (Lipinski definition) is 1. The zero-order chi connectivity index (χ0) is 26.7. The summed E-state index contributed by atoms with van der Waals surface area (Å²) in [5, 5.41) is 4.59. The zero-order valence-corrected chi connectivity index (χ0v) is 22.3. The molecule has 0 fully saturated rings. The van der Waals surface area contributed by atoms with Gasteiger partial charge in [-0.3, -0.25) is 14.3 Å². The van der Waals surface area contributed by atoms with Gasteiger partial charge in [0.15, 0.2) is 5.78 Å². The molecule has 1 aromatic heterocycles. The first-order valence-electron chi connectivity index (χ1n) is 9.77. The summed E-state index contributed by atoms with van der Waals surface area (Å²) in [6, 6.07) is 4.97. The van der Waals surface area contributed by atoms with E-state index in [4.69, 9.17) is 17.3 Å². The van der Waals surface area contributed by atoms with Crippen LogP contribution >= 0.6 is 50.1 Å². The Balaban J connectivity index is 2.17. The predicted octanol–water partition coefficient (Wildman–Crippen LogP) is 6.89. The average Bonchev–Trinajstić information content (AvgIpc) is 3.08. The van der Waals surface area contributed by atoms with Crippen molar-refractivity contribution in [1.29, 1.82) is 0 Å². The summed E-state index contributed by atoms with van der Waals surface area (Å²) in [6.07, 6.45) is -4.97. The van der Waals surface area contributed by atoms with Gasteiger partial charge in [0, 0.05) is 29.1 Å². The number of aromatic nitrogens is 2. The lowest BCUT2D eigenvalue weighted by Crippen LogP contribution is -2.17. The second-order valence-corrected chi connectivity index (χ2v) is 9.84. The molecule has 3 aromatic carbocycles. The zero-order valence-electron chi connectivity index (χ0n) is 17.8. The molecular formula is C23H11BrClF5IN3O2. The molecule has 0 atom stereocenters. The summed E-state index contributed by atoms with van der Waals surface area (Å²) in [5.41, 5.74) is 1.88. The van der Waals surface area contributed by atoms with Crippen LogP contribution < -0.4 is 5.73 Å². The normalized spacial score (nSPS) is 11.8. The van der Waals surface area contributed by atoms with Crippen LogP contribution in [0.4, 0.5) is 22.0 Å². The van der Waals surface area contributed by atoms with E-state index in [0.717, 1.165) is 18.2 Å². The maximum Gasteiger partial charge on any atom is 0.416 e. The van der Waals surface area contributed by atoms with E-state index in [1.807, 2.05) is 22.6 Å². The van der Waals surface area contributed by atoms with Crippen molar-refractivity contribution in [2.24, 2.45) is 12.8 Å². The van der Waals surface area contributed by atoms with E-state index in [1.54, 1.807) is 7.05 Å². The number of rotatable bonds is 4.